The molecule has 7 heteroatoms. The molecule has 0 bridgehead atoms. The molecule has 0 aliphatic heterocycles. The molecule has 7 nitrogen and oxygen atoms in total. The van der Waals surface area contributed by atoms with Gasteiger partial charge in [-0.3, -0.25) is 4.79 Å². The standard InChI is InChI=1S/C20H21N3O4/c1-13(11-24)22-20(25)16-8-9-18(21-10-16)26-12-17-14(2)27-23-19(17)15-6-4-3-5-7-15/h3-10,13,24H,11-12H2,1-2H3,(H,22,25)/t13-/m1/s1. The van der Waals surface area contributed by atoms with Crippen LogP contribution >= 0.6 is 0 Å². The molecule has 0 spiro atoms. The minimum absolute atomic E-state index is 0.123. The Morgan fingerprint density at radius 2 is 2.04 bits per heavy atom. The van der Waals surface area contributed by atoms with E-state index in [4.69, 9.17) is 14.4 Å². The van der Waals surface area contributed by atoms with Crippen LogP contribution in [0.3, 0.4) is 0 Å². The number of aliphatic hydroxyl groups is 1. The van der Waals surface area contributed by atoms with Crippen LogP contribution < -0.4 is 10.1 Å². The molecule has 0 saturated heterocycles. The van der Waals surface area contributed by atoms with E-state index < -0.39 is 0 Å². The lowest BCUT2D eigenvalue weighted by molar-refractivity contribution is 0.0922. The van der Waals surface area contributed by atoms with Gasteiger partial charge in [-0.05, 0) is 19.9 Å². The number of amides is 1. The smallest absolute Gasteiger partial charge is 0.253 e. The van der Waals surface area contributed by atoms with Crippen LogP contribution in [0.2, 0.25) is 0 Å². The number of hydrogen-bond acceptors (Lipinski definition) is 6. The van der Waals surface area contributed by atoms with Crippen LogP contribution in [0.5, 0.6) is 5.88 Å². The second-order valence-corrected chi connectivity index (χ2v) is 6.16. The van der Waals surface area contributed by atoms with Crippen molar-refractivity contribution in [2.45, 2.75) is 26.5 Å². The van der Waals surface area contributed by atoms with Gasteiger partial charge in [-0.25, -0.2) is 4.98 Å². The van der Waals surface area contributed by atoms with Crippen molar-refractivity contribution in [3.8, 4) is 17.1 Å². The van der Waals surface area contributed by atoms with Gasteiger partial charge in [-0.2, -0.15) is 0 Å². The maximum atomic E-state index is 12.0. The number of aliphatic hydroxyl groups excluding tert-OH is 1. The number of pyridine rings is 1. The van der Waals surface area contributed by atoms with Crippen LogP contribution in [-0.4, -0.2) is 33.8 Å². The molecule has 140 valence electrons. The van der Waals surface area contributed by atoms with Gasteiger partial charge in [0, 0.05) is 23.9 Å². The average Bonchev–Trinajstić information content (AvgIpc) is 3.07. The molecule has 3 rings (SSSR count). The van der Waals surface area contributed by atoms with E-state index in [9.17, 15) is 4.79 Å². The Kier molecular flexibility index (Phi) is 5.83. The van der Waals surface area contributed by atoms with Crippen molar-refractivity contribution >= 4 is 5.91 Å². The van der Waals surface area contributed by atoms with E-state index in [0.717, 1.165) is 16.8 Å². The van der Waals surface area contributed by atoms with Crippen molar-refractivity contribution in [2.24, 2.45) is 0 Å². The lowest BCUT2D eigenvalue weighted by Crippen LogP contribution is -2.35. The highest BCUT2D eigenvalue weighted by Gasteiger charge is 2.16. The van der Waals surface area contributed by atoms with Crippen LogP contribution in [0.25, 0.3) is 11.3 Å². The summed E-state index contributed by atoms with van der Waals surface area (Å²) in [6, 6.07) is 12.7. The zero-order valence-electron chi connectivity index (χ0n) is 15.2. The van der Waals surface area contributed by atoms with Gasteiger partial charge >= 0.3 is 0 Å². The second kappa shape index (κ2) is 8.46. The lowest BCUT2D eigenvalue weighted by Gasteiger charge is -2.11. The first kappa shape index (κ1) is 18.6. The zero-order chi connectivity index (χ0) is 19.2. The number of nitrogens with zero attached hydrogens (tertiary/aromatic N) is 2. The number of ether oxygens (including phenoxy) is 1. The van der Waals surface area contributed by atoms with E-state index in [0.29, 0.717) is 17.2 Å². The van der Waals surface area contributed by atoms with Crippen molar-refractivity contribution in [1.29, 1.82) is 0 Å². The molecule has 0 saturated carbocycles. The van der Waals surface area contributed by atoms with Gasteiger partial charge in [-0.1, -0.05) is 35.5 Å². The SMILES string of the molecule is Cc1onc(-c2ccccc2)c1COc1ccc(C(=O)N[C@H](C)CO)cn1. The Morgan fingerprint density at radius 1 is 1.26 bits per heavy atom. The monoisotopic (exact) mass is 367 g/mol. The number of aromatic nitrogens is 2. The van der Waals surface area contributed by atoms with E-state index >= 15 is 0 Å². The normalized spacial score (nSPS) is 11.8. The van der Waals surface area contributed by atoms with Crippen LogP contribution in [0, 0.1) is 6.92 Å². The van der Waals surface area contributed by atoms with Crippen molar-refractivity contribution in [2.75, 3.05) is 6.61 Å². The van der Waals surface area contributed by atoms with Gasteiger partial charge in [0.15, 0.2) is 0 Å². The molecular weight excluding hydrogens is 346 g/mol. The molecular formula is C20H21N3O4. The van der Waals surface area contributed by atoms with E-state index in [1.165, 1.54) is 6.20 Å². The Morgan fingerprint density at radius 3 is 2.70 bits per heavy atom. The molecule has 0 aliphatic carbocycles. The predicted molar refractivity (Wildman–Crippen MR) is 99.3 cm³/mol. The summed E-state index contributed by atoms with van der Waals surface area (Å²) in [4.78, 5) is 16.2. The summed E-state index contributed by atoms with van der Waals surface area (Å²) in [6.45, 7) is 3.68. The first-order chi connectivity index (χ1) is 13.1. The molecule has 2 aromatic heterocycles. The number of rotatable bonds is 7. The molecule has 2 N–H and O–H groups in total. The van der Waals surface area contributed by atoms with E-state index in [1.54, 1.807) is 19.1 Å². The summed E-state index contributed by atoms with van der Waals surface area (Å²) < 4.78 is 11.1. The Labute approximate surface area is 157 Å². The molecule has 0 unspecified atom stereocenters. The Balaban J connectivity index is 1.68. The predicted octanol–water partition coefficient (Wildman–Crippen LogP) is 2.73. The summed E-state index contributed by atoms with van der Waals surface area (Å²) in [7, 11) is 0. The van der Waals surface area contributed by atoms with Crippen LogP contribution in [-0.2, 0) is 6.61 Å². The first-order valence-corrected chi connectivity index (χ1v) is 8.59. The van der Waals surface area contributed by atoms with Crippen molar-refractivity contribution in [1.82, 2.24) is 15.5 Å². The highest BCUT2D eigenvalue weighted by Crippen LogP contribution is 2.26. The van der Waals surface area contributed by atoms with Crippen LogP contribution in [0.4, 0.5) is 0 Å². The van der Waals surface area contributed by atoms with Crippen LogP contribution in [0.1, 0.15) is 28.6 Å². The maximum absolute atomic E-state index is 12.0. The summed E-state index contributed by atoms with van der Waals surface area (Å²) in [5.74, 6) is 0.779. The molecule has 27 heavy (non-hydrogen) atoms. The molecule has 1 amide bonds. The summed E-state index contributed by atoms with van der Waals surface area (Å²) in [5, 5.41) is 15.8. The largest absolute Gasteiger partial charge is 0.473 e. The topological polar surface area (TPSA) is 97.5 Å². The number of nitrogens with one attached hydrogen (secondary N) is 1. The molecule has 0 radical (unpaired) electrons. The third kappa shape index (κ3) is 4.51. The fourth-order valence-corrected chi connectivity index (χ4v) is 2.48. The molecule has 2 heterocycles. The van der Waals surface area contributed by atoms with Crippen LogP contribution in [0.15, 0.2) is 53.2 Å². The van der Waals surface area contributed by atoms with Gasteiger partial charge in [0.25, 0.3) is 5.91 Å². The minimum atomic E-state index is -0.318. The van der Waals surface area contributed by atoms with E-state index in [-0.39, 0.29) is 25.2 Å². The molecule has 0 aliphatic rings. The van der Waals surface area contributed by atoms with Crippen molar-refractivity contribution < 1.29 is 19.2 Å². The third-order valence-electron chi connectivity index (χ3n) is 4.05. The minimum Gasteiger partial charge on any atom is -0.473 e. The maximum Gasteiger partial charge on any atom is 0.253 e. The molecule has 1 aromatic carbocycles. The van der Waals surface area contributed by atoms with Gasteiger partial charge < -0.3 is 19.7 Å². The molecule has 1 atom stereocenters. The third-order valence-corrected chi connectivity index (χ3v) is 4.05. The molecule has 3 aromatic rings. The Hall–Kier alpha value is -3.19. The zero-order valence-corrected chi connectivity index (χ0v) is 15.2. The fraction of sp³-hybridized carbons (Fsp3) is 0.250. The fourth-order valence-electron chi connectivity index (χ4n) is 2.48. The lowest BCUT2D eigenvalue weighted by atomic mass is 10.1. The van der Waals surface area contributed by atoms with Gasteiger partial charge in [-0.15, -0.1) is 0 Å². The first-order valence-electron chi connectivity index (χ1n) is 8.59. The number of aryl methyl sites for hydroxylation is 1. The van der Waals surface area contributed by atoms with Gasteiger partial charge in [0.1, 0.15) is 18.1 Å². The van der Waals surface area contributed by atoms with E-state index in [1.807, 2.05) is 37.3 Å². The quantitative estimate of drug-likeness (QED) is 0.666. The number of carbonyl (C=O) groups excluding carboxylic acids is 1. The summed E-state index contributed by atoms with van der Waals surface area (Å²) >= 11 is 0. The second-order valence-electron chi connectivity index (χ2n) is 6.16. The Bertz CT molecular complexity index is 891. The number of benzene rings is 1. The summed E-state index contributed by atoms with van der Waals surface area (Å²) in [6.07, 6.45) is 1.44. The highest BCUT2D eigenvalue weighted by molar-refractivity contribution is 5.94. The summed E-state index contributed by atoms with van der Waals surface area (Å²) in [5.41, 5.74) is 2.93. The number of carbonyl (C=O) groups is 1. The van der Waals surface area contributed by atoms with Gasteiger partial charge in [0.2, 0.25) is 5.88 Å². The number of hydrogen-bond donors (Lipinski definition) is 2. The van der Waals surface area contributed by atoms with Gasteiger partial charge in [0.05, 0.1) is 17.7 Å². The van der Waals surface area contributed by atoms with Crippen molar-refractivity contribution in [3.63, 3.8) is 0 Å². The molecule has 0 fully saturated rings. The van der Waals surface area contributed by atoms with Crippen molar-refractivity contribution in [3.05, 3.63) is 65.5 Å². The highest BCUT2D eigenvalue weighted by atomic mass is 16.5. The average molecular weight is 367 g/mol. The van der Waals surface area contributed by atoms with E-state index in [2.05, 4.69) is 15.5 Å².